The van der Waals surface area contributed by atoms with E-state index in [1.54, 1.807) is 24.3 Å². The van der Waals surface area contributed by atoms with Crippen molar-refractivity contribution in [2.45, 2.75) is 22.8 Å². The van der Waals surface area contributed by atoms with Crippen LogP contribution in [-0.2, 0) is 0 Å². The normalized spacial score (nSPS) is 12.5. The molecule has 2 N–H and O–H groups in total. The van der Waals surface area contributed by atoms with E-state index < -0.39 is 0 Å². The van der Waals surface area contributed by atoms with Gasteiger partial charge in [-0.1, -0.05) is 47.1 Å². The molecule has 0 saturated heterocycles. The number of hydrogen-bond acceptors (Lipinski definition) is 2. The first kappa shape index (κ1) is 14.7. The maximum absolute atomic E-state index is 14.0. The molecule has 2 rings (SSSR count). The van der Waals surface area contributed by atoms with Gasteiger partial charge in [0.25, 0.3) is 0 Å². The number of nitrogens with two attached hydrogens (primary N) is 1. The summed E-state index contributed by atoms with van der Waals surface area (Å²) in [5.74, 6) is -0.309. The van der Waals surface area contributed by atoms with Gasteiger partial charge in [-0.25, -0.2) is 4.39 Å². The van der Waals surface area contributed by atoms with Crippen LogP contribution in [0.2, 0.25) is 10.0 Å². The zero-order valence-electron chi connectivity index (χ0n) is 10.2. The highest BCUT2D eigenvalue weighted by Gasteiger charge is 2.14. The van der Waals surface area contributed by atoms with E-state index in [9.17, 15) is 4.39 Å². The second-order valence-corrected chi connectivity index (χ2v) is 6.02. The van der Waals surface area contributed by atoms with Crippen LogP contribution in [0.1, 0.15) is 18.5 Å². The molecular weight excluding hydrogens is 304 g/mol. The Morgan fingerprint density at radius 1 is 1.21 bits per heavy atom. The van der Waals surface area contributed by atoms with E-state index in [-0.39, 0.29) is 11.9 Å². The molecule has 100 valence electrons. The molecule has 2 aromatic rings. The van der Waals surface area contributed by atoms with E-state index in [0.717, 1.165) is 5.56 Å². The minimum atomic E-state index is -0.309. The van der Waals surface area contributed by atoms with Crippen molar-refractivity contribution in [2.75, 3.05) is 0 Å². The molecule has 0 aliphatic carbocycles. The van der Waals surface area contributed by atoms with Gasteiger partial charge in [0.05, 0.1) is 9.92 Å². The molecule has 0 bridgehead atoms. The van der Waals surface area contributed by atoms with Gasteiger partial charge >= 0.3 is 0 Å². The van der Waals surface area contributed by atoms with Crippen LogP contribution in [-0.4, -0.2) is 0 Å². The molecule has 1 atom stereocenters. The Kier molecular flexibility index (Phi) is 4.74. The summed E-state index contributed by atoms with van der Waals surface area (Å²) < 4.78 is 14.0. The molecule has 0 spiro atoms. The van der Waals surface area contributed by atoms with E-state index in [1.165, 1.54) is 17.8 Å². The average Bonchev–Trinajstić information content (AvgIpc) is 2.35. The van der Waals surface area contributed by atoms with Crippen molar-refractivity contribution < 1.29 is 4.39 Å². The SMILES string of the molecule is CC(N)c1cccc(F)c1Sc1cc(Cl)ccc1Cl. The lowest BCUT2D eigenvalue weighted by Crippen LogP contribution is -2.07. The summed E-state index contributed by atoms with van der Waals surface area (Å²) in [5.41, 5.74) is 6.62. The maximum Gasteiger partial charge on any atom is 0.137 e. The summed E-state index contributed by atoms with van der Waals surface area (Å²) in [6.45, 7) is 1.82. The molecule has 0 heterocycles. The van der Waals surface area contributed by atoms with Crippen molar-refractivity contribution in [1.82, 2.24) is 0 Å². The van der Waals surface area contributed by atoms with E-state index in [1.807, 2.05) is 13.0 Å². The van der Waals surface area contributed by atoms with E-state index in [2.05, 4.69) is 0 Å². The van der Waals surface area contributed by atoms with Crippen LogP contribution in [0.25, 0.3) is 0 Å². The Morgan fingerprint density at radius 2 is 1.95 bits per heavy atom. The first-order chi connectivity index (χ1) is 8.99. The minimum Gasteiger partial charge on any atom is -0.324 e. The average molecular weight is 316 g/mol. The Bertz CT molecular complexity index is 602. The third-order valence-corrected chi connectivity index (χ3v) is 4.46. The summed E-state index contributed by atoms with van der Waals surface area (Å²) in [7, 11) is 0. The summed E-state index contributed by atoms with van der Waals surface area (Å²) in [5, 5.41) is 1.10. The minimum absolute atomic E-state index is 0.254. The Labute approximate surface area is 125 Å². The third kappa shape index (κ3) is 3.42. The maximum atomic E-state index is 14.0. The zero-order chi connectivity index (χ0) is 14.0. The molecule has 0 radical (unpaired) electrons. The van der Waals surface area contributed by atoms with Gasteiger partial charge in [0.1, 0.15) is 5.82 Å². The van der Waals surface area contributed by atoms with Crippen LogP contribution >= 0.6 is 35.0 Å². The standard InChI is InChI=1S/C14H12Cl2FNS/c1-8(18)10-3-2-4-12(17)14(10)19-13-7-9(15)5-6-11(13)16/h2-8H,18H2,1H3. The van der Waals surface area contributed by atoms with E-state index in [4.69, 9.17) is 28.9 Å². The fourth-order valence-corrected chi connectivity index (χ4v) is 3.24. The van der Waals surface area contributed by atoms with Gasteiger partial charge in [0.15, 0.2) is 0 Å². The second-order valence-electron chi connectivity index (χ2n) is 4.12. The highest BCUT2D eigenvalue weighted by Crippen LogP contribution is 2.39. The third-order valence-electron chi connectivity index (χ3n) is 2.59. The first-order valence-electron chi connectivity index (χ1n) is 5.66. The zero-order valence-corrected chi connectivity index (χ0v) is 12.5. The lowest BCUT2D eigenvalue weighted by molar-refractivity contribution is 0.591. The van der Waals surface area contributed by atoms with Crippen molar-refractivity contribution in [3.63, 3.8) is 0 Å². The van der Waals surface area contributed by atoms with Gasteiger partial charge in [0, 0.05) is 16.0 Å². The van der Waals surface area contributed by atoms with Crippen LogP contribution in [0.4, 0.5) is 4.39 Å². The molecule has 1 unspecified atom stereocenters. The van der Waals surface area contributed by atoms with Gasteiger partial charge in [-0.3, -0.25) is 0 Å². The molecule has 0 fully saturated rings. The van der Waals surface area contributed by atoms with Crippen LogP contribution in [0.15, 0.2) is 46.2 Å². The highest BCUT2D eigenvalue weighted by atomic mass is 35.5. The summed E-state index contributed by atoms with van der Waals surface area (Å²) in [4.78, 5) is 1.20. The van der Waals surface area contributed by atoms with Gasteiger partial charge < -0.3 is 5.73 Å². The van der Waals surface area contributed by atoms with E-state index in [0.29, 0.717) is 19.8 Å². The number of rotatable bonds is 3. The quantitative estimate of drug-likeness (QED) is 0.831. The fraction of sp³-hybridized carbons (Fsp3) is 0.143. The molecular formula is C14H12Cl2FNS. The van der Waals surface area contributed by atoms with Crippen molar-refractivity contribution in [3.05, 3.63) is 57.8 Å². The topological polar surface area (TPSA) is 26.0 Å². The van der Waals surface area contributed by atoms with Crippen LogP contribution in [0.3, 0.4) is 0 Å². The molecule has 0 aromatic heterocycles. The summed E-state index contributed by atoms with van der Waals surface area (Å²) in [6.07, 6.45) is 0. The van der Waals surface area contributed by atoms with Crippen molar-refractivity contribution >= 4 is 35.0 Å². The van der Waals surface area contributed by atoms with E-state index >= 15 is 0 Å². The van der Waals surface area contributed by atoms with Crippen molar-refractivity contribution in [2.24, 2.45) is 5.73 Å². The fourth-order valence-electron chi connectivity index (χ4n) is 1.66. The number of halogens is 3. The monoisotopic (exact) mass is 315 g/mol. The summed E-state index contributed by atoms with van der Waals surface area (Å²) in [6, 6.07) is 9.72. The number of hydrogen-bond donors (Lipinski definition) is 1. The molecule has 0 amide bonds. The Balaban J connectivity index is 2.46. The first-order valence-corrected chi connectivity index (χ1v) is 7.23. The molecule has 0 aliphatic rings. The Morgan fingerprint density at radius 3 is 2.63 bits per heavy atom. The van der Waals surface area contributed by atoms with Crippen LogP contribution in [0.5, 0.6) is 0 Å². The Hall–Kier alpha value is -0.740. The lowest BCUT2D eigenvalue weighted by Gasteiger charge is -2.13. The van der Waals surface area contributed by atoms with Crippen molar-refractivity contribution in [3.8, 4) is 0 Å². The lowest BCUT2D eigenvalue weighted by atomic mass is 10.1. The predicted molar refractivity (Wildman–Crippen MR) is 79.6 cm³/mol. The molecule has 0 aliphatic heterocycles. The molecule has 5 heteroatoms. The van der Waals surface area contributed by atoms with Crippen LogP contribution < -0.4 is 5.73 Å². The molecule has 1 nitrogen and oxygen atoms in total. The van der Waals surface area contributed by atoms with Gasteiger partial charge in [-0.05, 0) is 36.8 Å². The highest BCUT2D eigenvalue weighted by molar-refractivity contribution is 7.99. The smallest absolute Gasteiger partial charge is 0.137 e. The van der Waals surface area contributed by atoms with Crippen molar-refractivity contribution in [1.29, 1.82) is 0 Å². The predicted octanol–water partition coefficient (Wildman–Crippen LogP) is 5.30. The number of benzene rings is 2. The second kappa shape index (κ2) is 6.14. The molecule has 19 heavy (non-hydrogen) atoms. The summed E-state index contributed by atoms with van der Waals surface area (Å²) >= 11 is 13.3. The van der Waals surface area contributed by atoms with Gasteiger partial charge in [0.2, 0.25) is 0 Å². The molecule has 2 aromatic carbocycles. The van der Waals surface area contributed by atoms with Gasteiger partial charge in [-0.2, -0.15) is 0 Å². The van der Waals surface area contributed by atoms with Crippen LogP contribution in [0, 0.1) is 5.82 Å². The largest absolute Gasteiger partial charge is 0.324 e. The van der Waals surface area contributed by atoms with Gasteiger partial charge in [-0.15, -0.1) is 0 Å². The molecule has 0 saturated carbocycles.